The average molecular weight is 273 g/mol. The summed E-state index contributed by atoms with van der Waals surface area (Å²) in [6.07, 6.45) is 3.99. The Morgan fingerprint density at radius 1 is 1.30 bits per heavy atom. The number of benzene rings is 1. The monoisotopic (exact) mass is 273 g/mol. The van der Waals surface area contributed by atoms with Gasteiger partial charge in [0, 0.05) is 26.0 Å². The van der Waals surface area contributed by atoms with Gasteiger partial charge < -0.3 is 14.6 Å². The SMILES string of the molecule is Cn1ccnc(OCCCNCc2ccccc2)c1=O. The van der Waals surface area contributed by atoms with Crippen molar-refractivity contribution in [3.05, 3.63) is 58.6 Å². The van der Waals surface area contributed by atoms with E-state index < -0.39 is 0 Å². The van der Waals surface area contributed by atoms with Gasteiger partial charge in [-0.2, -0.15) is 0 Å². The zero-order valence-corrected chi connectivity index (χ0v) is 11.6. The van der Waals surface area contributed by atoms with Crippen molar-refractivity contribution in [3.63, 3.8) is 0 Å². The zero-order valence-electron chi connectivity index (χ0n) is 11.6. The number of aromatic nitrogens is 2. The average Bonchev–Trinajstić information content (AvgIpc) is 2.48. The lowest BCUT2D eigenvalue weighted by Crippen LogP contribution is -2.22. The van der Waals surface area contributed by atoms with Crippen LogP contribution in [0.25, 0.3) is 0 Å². The van der Waals surface area contributed by atoms with Crippen LogP contribution >= 0.6 is 0 Å². The van der Waals surface area contributed by atoms with Crippen molar-refractivity contribution < 1.29 is 4.74 Å². The molecule has 0 fully saturated rings. The molecule has 2 rings (SSSR count). The van der Waals surface area contributed by atoms with Crippen LogP contribution in [0.15, 0.2) is 47.5 Å². The summed E-state index contributed by atoms with van der Waals surface area (Å²) in [6, 6.07) is 10.2. The number of ether oxygens (including phenoxy) is 1. The van der Waals surface area contributed by atoms with Gasteiger partial charge in [0.15, 0.2) is 0 Å². The predicted octanol–water partition coefficient (Wildman–Crippen LogP) is 1.34. The molecule has 0 aliphatic heterocycles. The zero-order chi connectivity index (χ0) is 14.2. The molecular formula is C15H19N3O2. The summed E-state index contributed by atoms with van der Waals surface area (Å²) < 4.78 is 6.84. The maximum Gasteiger partial charge on any atom is 0.313 e. The van der Waals surface area contributed by atoms with Crippen molar-refractivity contribution in [2.24, 2.45) is 7.05 Å². The number of aryl methyl sites for hydroxylation is 1. The predicted molar refractivity (Wildman–Crippen MR) is 77.7 cm³/mol. The molecule has 2 aromatic rings. The second-order valence-electron chi connectivity index (χ2n) is 4.51. The van der Waals surface area contributed by atoms with Crippen LogP contribution in [-0.2, 0) is 13.6 Å². The summed E-state index contributed by atoms with van der Waals surface area (Å²) in [6.45, 7) is 2.16. The van der Waals surface area contributed by atoms with Crippen LogP contribution in [-0.4, -0.2) is 22.7 Å². The van der Waals surface area contributed by atoms with Gasteiger partial charge in [0.25, 0.3) is 5.88 Å². The van der Waals surface area contributed by atoms with Crippen molar-refractivity contribution in [2.45, 2.75) is 13.0 Å². The minimum atomic E-state index is -0.204. The van der Waals surface area contributed by atoms with Gasteiger partial charge in [-0.1, -0.05) is 30.3 Å². The molecule has 5 nitrogen and oxygen atoms in total. The van der Waals surface area contributed by atoms with Crippen LogP contribution in [0.1, 0.15) is 12.0 Å². The van der Waals surface area contributed by atoms with Crippen LogP contribution in [0.3, 0.4) is 0 Å². The van der Waals surface area contributed by atoms with Crippen LogP contribution in [0.2, 0.25) is 0 Å². The third kappa shape index (κ3) is 4.20. The van der Waals surface area contributed by atoms with E-state index in [2.05, 4.69) is 22.4 Å². The Morgan fingerprint density at radius 2 is 2.10 bits per heavy atom. The summed E-state index contributed by atoms with van der Waals surface area (Å²) in [5, 5.41) is 3.33. The Kier molecular flexibility index (Phi) is 5.32. The van der Waals surface area contributed by atoms with Crippen molar-refractivity contribution in [1.82, 2.24) is 14.9 Å². The second-order valence-corrected chi connectivity index (χ2v) is 4.51. The molecule has 0 unspecified atom stereocenters. The third-order valence-electron chi connectivity index (χ3n) is 2.89. The summed E-state index contributed by atoms with van der Waals surface area (Å²) in [4.78, 5) is 15.6. The third-order valence-corrected chi connectivity index (χ3v) is 2.89. The van der Waals surface area contributed by atoms with E-state index in [1.807, 2.05) is 18.2 Å². The van der Waals surface area contributed by atoms with E-state index in [4.69, 9.17) is 4.74 Å². The maximum absolute atomic E-state index is 11.6. The molecule has 0 spiro atoms. The number of nitrogens with zero attached hydrogens (tertiary/aromatic N) is 2. The molecule has 0 saturated carbocycles. The highest BCUT2D eigenvalue weighted by Crippen LogP contribution is 1.98. The fourth-order valence-corrected chi connectivity index (χ4v) is 1.77. The van der Waals surface area contributed by atoms with E-state index >= 15 is 0 Å². The lowest BCUT2D eigenvalue weighted by atomic mass is 10.2. The van der Waals surface area contributed by atoms with E-state index in [-0.39, 0.29) is 11.4 Å². The molecule has 0 bridgehead atoms. The van der Waals surface area contributed by atoms with Crippen LogP contribution < -0.4 is 15.6 Å². The van der Waals surface area contributed by atoms with Crippen molar-refractivity contribution in [3.8, 4) is 5.88 Å². The number of hydrogen-bond donors (Lipinski definition) is 1. The molecule has 0 amide bonds. The van der Waals surface area contributed by atoms with E-state index in [0.717, 1.165) is 19.5 Å². The molecule has 5 heteroatoms. The Bertz CT molecular complexity index is 581. The Balaban J connectivity index is 1.65. The molecule has 0 aliphatic carbocycles. The standard InChI is InChI=1S/C15H19N3O2/c1-18-10-9-17-14(15(18)19)20-11-5-8-16-12-13-6-3-2-4-7-13/h2-4,6-7,9-10,16H,5,8,11-12H2,1H3. The highest BCUT2D eigenvalue weighted by atomic mass is 16.5. The summed E-state index contributed by atoms with van der Waals surface area (Å²) in [5.41, 5.74) is 1.05. The summed E-state index contributed by atoms with van der Waals surface area (Å²) in [5.74, 6) is 0.165. The van der Waals surface area contributed by atoms with Crippen LogP contribution in [0, 0.1) is 0 Å². The number of nitrogens with one attached hydrogen (secondary N) is 1. The first-order valence-corrected chi connectivity index (χ1v) is 6.66. The molecule has 106 valence electrons. The smallest absolute Gasteiger partial charge is 0.313 e. The molecule has 1 aromatic heterocycles. The van der Waals surface area contributed by atoms with Gasteiger partial charge in [0.05, 0.1) is 6.61 Å². The number of rotatable bonds is 7. The van der Waals surface area contributed by atoms with Gasteiger partial charge in [0.1, 0.15) is 0 Å². The van der Waals surface area contributed by atoms with Crippen molar-refractivity contribution in [2.75, 3.05) is 13.2 Å². The fraction of sp³-hybridized carbons (Fsp3) is 0.333. The van der Waals surface area contributed by atoms with Gasteiger partial charge in [-0.3, -0.25) is 4.79 Å². The van der Waals surface area contributed by atoms with Gasteiger partial charge in [-0.05, 0) is 18.5 Å². The fourth-order valence-electron chi connectivity index (χ4n) is 1.77. The van der Waals surface area contributed by atoms with Gasteiger partial charge >= 0.3 is 5.56 Å². The van der Waals surface area contributed by atoms with Crippen molar-refractivity contribution >= 4 is 0 Å². The lowest BCUT2D eigenvalue weighted by molar-refractivity contribution is 0.290. The molecule has 0 radical (unpaired) electrons. The van der Waals surface area contributed by atoms with Gasteiger partial charge in [-0.15, -0.1) is 0 Å². The quantitative estimate of drug-likeness (QED) is 0.773. The highest BCUT2D eigenvalue weighted by Gasteiger charge is 2.02. The van der Waals surface area contributed by atoms with E-state index in [1.165, 1.54) is 10.1 Å². The van der Waals surface area contributed by atoms with Gasteiger partial charge in [0.2, 0.25) is 0 Å². The molecule has 20 heavy (non-hydrogen) atoms. The lowest BCUT2D eigenvalue weighted by Gasteiger charge is -2.07. The molecular weight excluding hydrogens is 254 g/mol. The summed E-state index contributed by atoms with van der Waals surface area (Å²) >= 11 is 0. The largest absolute Gasteiger partial charge is 0.474 e. The first kappa shape index (κ1) is 14.3. The minimum Gasteiger partial charge on any atom is -0.474 e. The topological polar surface area (TPSA) is 56.1 Å². The number of hydrogen-bond acceptors (Lipinski definition) is 4. The maximum atomic E-state index is 11.6. The molecule has 1 heterocycles. The van der Waals surface area contributed by atoms with E-state index in [1.54, 1.807) is 19.4 Å². The molecule has 0 saturated heterocycles. The van der Waals surface area contributed by atoms with E-state index in [0.29, 0.717) is 6.61 Å². The summed E-state index contributed by atoms with van der Waals surface area (Å²) in [7, 11) is 1.68. The second kappa shape index (κ2) is 7.45. The Labute approximate surface area is 118 Å². The Morgan fingerprint density at radius 3 is 2.90 bits per heavy atom. The highest BCUT2D eigenvalue weighted by molar-refractivity contribution is 5.14. The van der Waals surface area contributed by atoms with Crippen molar-refractivity contribution in [1.29, 1.82) is 0 Å². The first-order chi connectivity index (χ1) is 9.77. The molecule has 1 aromatic carbocycles. The Hall–Kier alpha value is -2.14. The van der Waals surface area contributed by atoms with Crippen LogP contribution in [0.5, 0.6) is 5.88 Å². The first-order valence-electron chi connectivity index (χ1n) is 6.66. The molecule has 0 atom stereocenters. The van der Waals surface area contributed by atoms with E-state index in [9.17, 15) is 4.79 Å². The van der Waals surface area contributed by atoms with Gasteiger partial charge in [-0.25, -0.2) is 4.98 Å². The normalized spacial score (nSPS) is 10.4. The molecule has 1 N–H and O–H groups in total. The van der Waals surface area contributed by atoms with Crippen LogP contribution in [0.4, 0.5) is 0 Å². The minimum absolute atomic E-state index is 0.165. The molecule has 0 aliphatic rings.